The van der Waals surface area contributed by atoms with Gasteiger partial charge in [0, 0.05) is 16.5 Å². The summed E-state index contributed by atoms with van der Waals surface area (Å²) in [7, 11) is 0. The van der Waals surface area contributed by atoms with Crippen LogP contribution in [0.15, 0.2) is 39.5 Å². The van der Waals surface area contributed by atoms with E-state index in [1.165, 1.54) is 11.3 Å². The monoisotopic (exact) mass is 322 g/mol. The number of thiophene rings is 1. The van der Waals surface area contributed by atoms with E-state index in [2.05, 4.69) is 15.9 Å². The molecule has 0 N–H and O–H groups in total. The van der Waals surface area contributed by atoms with E-state index < -0.39 is 0 Å². The maximum atomic E-state index is 12.2. The van der Waals surface area contributed by atoms with Crippen molar-refractivity contribution in [1.82, 2.24) is 0 Å². The van der Waals surface area contributed by atoms with Gasteiger partial charge in [0.15, 0.2) is 5.78 Å². The van der Waals surface area contributed by atoms with Crippen molar-refractivity contribution in [2.45, 2.75) is 18.9 Å². The first-order valence-corrected chi connectivity index (χ1v) is 7.45. The molecule has 92 valence electrons. The van der Waals surface area contributed by atoms with Gasteiger partial charge in [0.25, 0.3) is 0 Å². The van der Waals surface area contributed by atoms with Gasteiger partial charge in [-0.1, -0.05) is 12.1 Å². The second-order valence-corrected chi connectivity index (χ2v) is 6.60. The Morgan fingerprint density at radius 2 is 2.11 bits per heavy atom. The van der Waals surface area contributed by atoms with E-state index in [1.54, 1.807) is 0 Å². The third-order valence-corrected chi connectivity index (χ3v) is 4.26. The van der Waals surface area contributed by atoms with Crippen LogP contribution in [0.1, 0.15) is 28.8 Å². The quantitative estimate of drug-likeness (QED) is 0.785. The van der Waals surface area contributed by atoms with Gasteiger partial charge in [-0.05, 0) is 47.0 Å². The molecule has 1 aromatic carbocycles. The summed E-state index contributed by atoms with van der Waals surface area (Å²) in [6.45, 7) is 0. The lowest BCUT2D eigenvalue weighted by Gasteiger charge is -2.05. The molecule has 2 aromatic rings. The Labute approximate surface area is 118 Å². The first-order chi connectivity index (χ1) is 8.72. The van der Waals surface area contributed by atoms with Crippen molar-refractivity contribution in [2.75, 3.05) is 0 Å². The fourth-order valence-corrected chi connectivity index (χ4v) is 2.82. The average molecular weight is 323 g/mol. The topological polar surface area (TPSA) is 26.3 Å². The fourth-order valence-electron chi connectivity index (χ4n) is 1.68. The molecule has 0 saturated heterocycles. The minimum absolute atomic E-state index is 0.0400. The normalized spacial score (nSPS) is 14.5. The van der Waals surface area contributed by atoms with E-state index in [0.29, 0.717) is 11.7 Å². The van der Waals surface area contributed by atoms with E-state index in [1.807, 2.05) is 35.7 Å². The van der Waals surface area contributed by atoms with Crippen molar-refractivity contribution >= 4 is 33.0 Å². The van der Waals surface area contributed by atoms with Crippen LogP contribution in [0.3, 0.4) is 0 Å². The zero-order valence-electron chi connectivity index (χ0n) is 9.56. The molecule has 1 fully saturated rings. The number of rotatable bonds is 4. The largest absolute Gasteiger partial charge is 0.490 e. The van der Waals surface area contributed by atoms with E-state index >= 15 is 0 Å². The first kappa shape index (κ1) is 11.9. The molecule has 1 aliphatic carbocycles. The lowest BCUT2D eigenvalue weighted by Crippen LogP contribution is -2.01. The van der Waals surface area contributed by atoms with Gasteiger partial charge in [-0.15, -0.1) is 11.3 Å². The Balaban J connectivity index is 1.84. The molecule has 18 heavy (non-hydrogen) atoms. The summed E-state index contributed by atoms with van der Waals surface area (Å²) in [5.74, 6) is 0.829. The highest BCUT2D eigenvalue weighted by Gasteiger charge is 2.23. The van der Waals surface area contributed by atoms with Crippen molar-refractivity contribution in [3.63, 3.8) is 0 Å². The van der Waals surface area contributed by atoms with Crippen molar-refractivity contribution in [2.24, 2.45) is 0 Å². The average Bonchev–Trinajstić information content (AvgIpc) is 3.08. The molecule has 0 aliphatic heterocycles. The van der Waals surface area contributed by atoms with Gasteiger partial charge < -0.3 is 4.74 Å². The SMILES string of the molecule is O=C(c1cccc(OC2CC2)c1)c1csc(Br)c1. The van der Waals surface area contributed by atoms with Gasteiger partial charge in [-0.2, -0.15) is 0 Å². The zero-order chi connectivity index (χ0) is 12.5. The smallest absolute Gasteiger partial charge is 0.194 e. The summed E-state index contributed by atoms with van der Waals surface area (Å²) in [5.41, 5.74) is 1.40. The lowest BCUT2D eigenvalue weighted by molar-refractivity contribution is 0.103. The summed E-state index contributed by atoms with van der Waals surface area (Å²) in [6.07, 6.45) is 2.59. The molecule has 0 spiro atoms. The third kappa shape index (κ3) is 2.65. The van der Waals surface area contributed by atoms with Crippen LogP contribution in [0.4, 0.5) is 0 Å². The summed E-state index contributed by atoms with van der Waals surface area (Å²) >= 11 is 4.89. The number of hydrogen-bond donors (Lipinski definition) is 0. The van der Waals surface area contributed by atoms with Crippen LogP contribution in [-0.2, 0) is 0 Å². The number of benzene rings is 1. The van der Waals surface area contributed by atoms with E-state index in [-0.39, 0.29) is 5.78 Å². The predicted octanol–water partition coefficient (Wildman–Crippen LogP) is 4.28. The molecular weight excluding hydrogens is 312 g/mol. The molecule has 0 amide bonds. The van der Waals surface area contributed by atoms with Gasteiger partial charge >= 0.3 is 0 Å². The van der Waals surface area contributed by atoms with Crippen LogP contribution in [0.25, 0.3) is 0 Å². The Morgan fingerprint density at radius 3 is 2.78 bits per heavy atom. The zero-order valence-corrected chi connectivity index (χ0v) is 12.0. The molecule has 1 heterocycles. The van der Waals surface area contributed by atoms with Crippen molar-refractivity contribution in [3.8, 4) is 5.75 Å². The molecule has 3 rings (SSSR count). The molecular formula is C14H11BrO2S. The lowest BCUT2D eigenvalue weighted by atomic mass is 10.1. The van der Waals surface area contributed by atoms with Gasteiger partial charge in [0.1, 0.15) is 5.75 Å². The Kier molecular flexibility index (Phi) is 3.22. The maximum absolute atomic E-state index is 12.2. The summed E-state index contributed by atoms with van der Waals surface area (Å²) in [4.78, 5) is 12.2. The number of carbonyl (C=O) groups is 1. The number of carbonyl (C=O) groups excluding carboxylic acids is 1. The van der Waals surface area contributed by atoms with Gasteiger partial charge in [-0.25, -0.2) is 0 Å². The number of ether oxygens (including phenoxy) is 1. The van der Waals surface area contributed by atoms with Gasteiger partial charge in [-0.3, -0.25) is 4.79 Å². The summed E-state index contributed by atoms with van der Waals surface area (Å²) in [5, 5.41) is 1.86. The number of hydrogen-bond acceptors (Lipinski definition) is 3. The van der Waals surface area contributed by atoms with Crippen LogP contribution in [0.2, 0.25) is 0 Å². The Morgan fingerprint density at radius 1 is 1.28 bits per heavy atom. The van der Waals surface area contributed by atoms with Gasteiger partial charge in [0.2, 0.25) is 0 Å². The van der Waals surface area contributed by atoms with Crippen LogP contribution < -0.4 is 4.74 Å². The second-order valence-electron chi connectivity index (χ2n) is 4.31. The number of ketones is 1. The first-order valence-electron chi connectivity index (χ1n) is 5.78. The van der Waals surface area contributed by atoms with Crippen LogP contribution in [-0.4, -0.2) is 11.9 Å². The fraction of sp³-hybridized carbons (Fsp3) is 0.214. The maximum Gasteiger partial charge on any atom is 0.194 e. The highest BCUT2D eigenvalue weighted by molar-refractivity contribution is 9.11. The third-order valence-electron chi connectivity index (χ3n) is 2.75. The second kappa shape index (κ2) is 4.86. The molecule has 0 bridgehead atoms. The minimum Gasteiger partial charge on any atom is -0.490 e. The standard InChI is InChI=1S/C14H11BrO2S/c15-13-7-10(8-18-13)14(16)9-2-1-3-12(6-9)17-11-4-5-11/h1-3,6-8,11H,4-5H2. The molecule has 1 saturated carbocycles. The molecule has 1 aromatic heterocycles. The van der Waals surface area contributed by atoms with Crippen LogP contribution in [0.5, 0.6) is 5.75 Å². The van der Waals surface area contributed by atoms with Crippen molar-refractivity contribution in [1.29, 1.82) is 0 Å². The minimum atomic E-state index is 0.0400. The van der Waals surface area contributed by atoms with Crippen molar-refractivity contribution in [3.05, 3.63) is 50.6 Å². The number of halogens is 1. The molecule has 4 heteroatoms. The van der Waals surface area contributed by atoms with Gasteiger partial charge in [0.05, 0.1) is 9.89 Å². The molecule has 0 radical (unpaired) electrons. The van der Waals surface area contributed by atoms with E-state index in [4.69, 9.17) is 4.74 Å². The Bertz CT molecular complexity index is 587. The highest BCUT2D eigenvalue weighted by Crippen LogP contribution is 2.28. The molecule has 0 unspecified atom stereocenters. The highest BCUT2D eigenvalue weighted by atomic mass is 79.9. The van der Waals surface area contributed by atoms with E-state index in [0.717, 1.165) is 27.9 Å². The van der Waals surface area contributed by atoms with Crippen LogP contribution >= 0.6 is 27.3 Å². The molecule has 1 aliphatic rings. The summed E-state index contributed by atoms with van der Waals surface area (Å²) < 4.78 is 6.67. The summed E-state index contributed by atoms with van der Waals surface area (Å²) in [6, 6.07) is 9.27. The predicted molar refractivity (Wildman–Crippen MR) is 75.5 cm³/mol. The van der Waals surface area contributed by atoms with Crippen LogP contribution in [0, 0.1) is 0 Å². The molecule has 2 nitrogen and oxygen atoms in total. The van der Waals surface area contributed by atoms with Crippen molar-refractivity contribution < 1.29 is 9.53 Å². The Hall–Kier alpha value is -1.13. The van der Waals surface area contributed by atoms with E-state index in [9.17, 15) is 4.79 Å². The molecule has 0 atom stereocenters.